The number of nitrogens with one attached hydrogen (secondary N) is 1. The summed E-state index contributed by atoms with van der Waals surface area (Å²) in [7, 11) is 2.02. The monoisotopic (exact) mass is 353 g/mol. The van der Waals surface area contributed by atoms with Gasteiger partial charge in [-0.05, 0) is 34.5 Å². The van der Waals surface area contributed by atoms with Crippen LogP contribution >= 0.6 is 22.7 Å². The maximum absolute atomic E-state index is 12.3. The summed E-state index contributed by atoms with van der Waals surface area (Å²) in [6.45, 7) is 0.531. The molecule has 0 aliphatic carbocycles. The van der Waals surface area contributed by atoms with E-state index in [0.29, 0.717) is 12.2 Å². The van der Waals surface area contributed by atoms with Crippen molar-refractivity contribution < 1.29 is 4.79 Å². The van der Waals surface area contributed by atoms with Crippen LogP contribution in [-0.2, 0) is 13.6 Å². The van der Waals surface area contributed by atoms with E-state index in [0.717, 1.165) is 21.8 Å². The fourth-order valence-corrected chi connectivity index (χ4v) is 4.18. The van der Waals surface area contributed by atoms with Crippen LogP contribution in [0.2, 0.25) is 0 Å². The number of nitrogens with zero attached hydrogens (tertiary/aromatic N) is 2. The fourth-order valence-electron chi connectivity index (χ4n) is 2.66. The lowest BCUT2D eigenvalue weighted by molar-refractivity contribution is 0.0946. The number of thiazole rings is 1. The van der Waals surface area contributed by atoms with E-state index in [-0.39, 0.29) is 5.91 Å². The third-order valence-corrected chi connectivity index (χ3v) is 5.54. The summed E-state index contributed by atoms with van der Waals surface area (Å²) >= 11 is 3.12. The van der Waals surface area contributed by atoms with Crippen LogP contribution in [0.15, 0.2) is 52.5 Å². The van der Waals surface area contributed by atoms with Crippen molar-refractivity contribution in [2.75, 3.05) is 0 Å². The molecule has 3 heterocycles. The number of carbonyl (C=O) groups is 1. The molecule has 1 amide bonds. The largest absolute Gasteiger partial charge is 0.347 e. The maximum Gasteiger partial charge on any atom is 0.271 e. The number of aromatic nitrogens is 2. The molecule has 4 rings (SSSR count). The predicted octanol–water partition coefficient (Wildman–Crippen LogP) is 4.29. The van der Waals surface area contributed by atoms with Gasteiger partial charge in [0, 0.05) is 29.9 Å². The minimum Gasteiger partial charge on any atom is -0.347 e. The number of para-hydroxylation sites is 1. The molecule has 6 heteroatoms. The first kappa shape index (κ1) is 15.1. The molecule has 0 spiro atoms. The number of hydrogen-bond acceptors (Lipinski definition) is 4. The van der Waals surface area contributed by atoms with Gasteiger partial charge in [0.1, 0.15) is 10.7 Å². The molecule has 0 saturated carbocycles. The first-order chi connectivity index (χ1) is 11.7. The van der Waals surface area contributed by atoms with Crippen LogP contribution in [0.1, 0.15) is 16.1 Å². The number of hydrogen-bond donors (Lipinski definition) is 1. The smallest absolute Gasteiger partial charge is 0.271 e. The van der Waals surface area contributed by atoms with Crippen LogP contribution in [0.3, 0.4) is 0 Å². The molecular formula is C18H15N3OS2. The molecule has 4 aromatic rings. The van der Waals surface area contributed by atoms with Gasteiger partial charge in [-0.25, -0.2) is 4.98 Å². The quantitative estimate of drug-likeness (QED) is 0.595. The normalized spacial score (nSPS) is 11.0. The Kier molecular flexibility index (Phi) is 3.92. The lowest BCUT2D eigenvalue weighted by Crippen LogP contribution is -2.22. The van der Waals surface area contributed by atoms with Crippen LogP contribution in [0.25, 0.3) is 21.6 Å². The van der Waals surface area contributed by atoms with Crippen molar-refractivity contribution in [2.45, 2.75) is 6.54 Å². The molecule has 0 aliphatic rings. The standard InChI is InChI=1S/C18H15N3OS2/c1-21-15-5-3-2-4-13(15)8-16(21)18-20-14(11-24-18)17(22)19-9-12-6-7-23-10-12/h2-8,10-11H,9H2,1H3,(H,19,22). The second kappa shape index (κ2) is 6.22. The zero-order chi connectivity index (χ0) is 16.5. The van der Waals surface area contributed by atoms with E-state index >= 15 is 0 Å². The summed E-state index contributed by atoms with van der Waals surface area (Å²) in [5.41, 5.74) is 3.76. The van der Waals surface area contributed by atoms with E-state index < -0.39 is 0 Å². The average molecular weight is 353 g/mol. The van der Waals surface area contributed by atoms with Gasteiger partial charge in [-0.3, -0.25) is 4.79 Å². The Balaban J connectivity index is 1.57. The topological polar surface area (TPSA) is 46.9 Å². The molecule has 0 unspecified atom stereocenters. The van der Waals surface area contributed by atoms with E-state index in [9.17, 15) is 4.79 Å². The minimum absolute atomic E-state index is 0.137. The fraction of sp³-hybridized carbons (Fsp3) is 0.111. The maximum atomic E-state index is 12.3. The molecule has 0 radical (unpaired) electrons. The number of carbonyl (C=O) groups excluding carboxylic acids is 1. The molecule has 0 saturated heterocycles. The van der Waals surface area contributed by atoms with Gasteiger partial charge >= 0.3 is 0 Å². The molecule has 1 N–H and O–H groups in total. The van der Waals surface area contributed by atoms with Crippen molar-refractivity contribution in [1.29, 1.82) is 0 Å². The highest BCUT2D eigenvalue weighted by Crippen LogP contribution is 2.29. The van der Waals surface area contributed by atoms with Crippen molar-refractivity contribution in [2.24, 2.45) is 7.05 Å². The number of aryl methyl sites for hydroxylation is 1. The van der Waals surface area contributed by atoms with E-state index in [4.69, 9.17) is 0 Å². The summed E-state index contributed by atoms with van der Waals surface area (Å²) in [6, 6.07) is 12.3. The summed E-state index contributed by atoms with van der Waals surface area (Å²) in [6.07, 6.45) is 0. The van der Waals surface area contributed by atoms with E-state index in [1.165, 1.54) is 16.7 Å². The molecule has 4 nitrogen and oxygen atoms in total. The molecule has 0 bridgehead atoms. The van der Waals surface area contributed by atoms with Crippen molar-refractivity contribution in [3.63, 3.8) is 0 Å². The van der Waals surface area contributed by atoms with E-state index in [2.05, 4.69) is 33.1 Å². The SMILES string of the molecule is Cn1c(-c2nc(C(=O)NCc3ccsc3)cs2)cc2ccccc21. The van der Waals surface area contributed by atoms with Gasteiger partial charge in [-0.1, -0.05) is 18.2 Å². The highest BCUT2D eigenvalue weighted by Gasteiger charge is 2.15. The second-order valence-electron chi connectivity index (χ2n) is 5.50. The van der Waals surface area contributed by atoms with Gasteiger partial charge < -0.3 is 9.88 Å². The van der Waals surface area contributed by atoms with Gasteiger partial charge in [0.15, 0.2) is 0 Å². The Morgan fingerprint density at radius 3 is 2.92 bits per heavy atom. The lowest BCUT2D eigenvalue weighted by Gasteiger charge is -2.01. The predicted molar refractivity (Wildman–Crippen MR) is 99.5 cm³/mol. The zero-order valence-corrected chi connectivity index (χ0v) is 14.7. The van der Waals surface area contributed by atoms with Crippen LogP contribution in [0.5, 0.6) is 0 Å². The highest BCUT2D eigenvalue weighted by atomic mass is 32.1. The molecular weight excluding hydrogens is 338 g/mol. The second-order valence-corrected chi connectivity index (χ2v) is 7.14. The summed E-state index contributed by atoms with van der Waals surface area (Å²) in [5.74, 6) is -0.137. The highest BCUT2D eigenvalue weighted by molar-refractivity contribution is 7.13. The summed E-state index contributed by atoms with van der Waals surface area (Å²) in [4.78, 5) is 16.8. The van der Waals surface area contributed by atoms with Crippen molar-refractivity contribution in [3.05, 3.63) is 63.8 Å². The van der Waals surface area contributed by atoms with Gasteiger partial charge in [-0.2, -0.15) is 11.3 Å². The number of amides is 1. The average Bonchev–Trinajstić information content (AvgIpc) is 3.33. The van der Waals surface area contributed by atoms with E-state index in [1.807, 2.05) is 41.4 Å². The molecule has 0 atom stereocenters. The molecule has 120 valence electrons. The summed E-state index contributed by atoms with van der Waals surface area (Å²) < 4.78 is 2.11. The van der Waals surface area contributed by atoms with Crippen molar-refractivity contribution >= 4 is 39.5 Å². The zero-order valence-electron chi connectivity index (χ0n) is 13.0. The molecule has 3 aromatic heterocycles. The minimum atomic E-state index is -0.137. The van der Waals surface area contributed by atoms with Crippen LogP contribution in [0.4, 0.5) is 0 Å². The lowest BCUT2D eigenvalue weighted by atomic mass is 10.2. The Labute approximate surface area is 147 Å². The van der Waals surface area contributed by atoms with Crippen LogP contribution in [0, 0.1) is 0 Å². The van der Waals surface area contributed by atoms with Crippen molar-refractivity contribution in [1.82, 2.24) is 14.9 Å². The van der Waals surface area contributed by atoms with Crippen LogP contribution < -0.4 is 5.32 Å². The first-order valence-electron chi connectivity index (χ1n) is 7.52. The Hall–Kier alpha value is -2.44. The molecule has 24 heavy (non-hydrogen) atoms. The Bertz CT molecular complexity index is 999. The Morgan fingerprint density at radius 2 is 2.12 bits per heavy atom. The summed E-state index contributed by atoms with van der Waals surface area (Å²) in [5, 5.41) is 10.8. The number of fused-ring (bicyclic) bond motifs is 1. The third-order valence-electron chi connectivity index (χ3n) is 3.94. The number of rotatable bonds is 4. The van der Waals surface area contributed by atoms with Gasteiger partial charge in [0.05, 0.1) is 5.69 Å². The van der Waals surface area contributed by atoms with Gasteiger partial charge in [0.2, 0.25) is 0 Å². The molecule has 1 aromatic carbocycles. The number of thiophene rings is 1. The molecule has 0 fully saturated rings. The van der Waals surface area contributed by atoms with Gasteiger partial charge in [0.25, 0.3) is 5.91 Å². The Morgan fingerprint density at radius 1 is 1.25 bits per heavy atom. The van der Waals surface area contributed by atoms with Crippen LogP contribution in [-0.4, -0.2) is 15.5 Å². The first-order valence-corrected chi connectivity index (χ1v) is 9.34. The number of benzene rings is 1. The van der Waals surface area contributed by atoms with Crippen molar-refractivity contribution in [3.8, 4) is 10.7 Å². The van der Waals surface area contributed by atoms with E-state index in [1.54, 1.807) is 11.3 Å². The molecule has 0 aliphatic heterocycles. The third kappa shape index (κ3) is 2.74. The van der Waals surface area contributed by atoms with Gasteiger partial charge in [-0.15, -0.1) is 11.3 Å².